The smallest absolute Gasteiger partial charge is 0.297 e. The summed E-state index contributed by atoms with van der Waals surface area (Å²) in [6, 6.07) is 6.66. The average Bonchev–Trinajstić information content (AvgIpc) is 2.65. The molecule has 0 aromatic heterocycles. The van der Waals surface area contributed by atoms with E-state index in [0.717, 1.165) is 12.0 Å². The molecule has 0 aliphatic rings. The van der Waals surface area contributed by atoms with E-state index in [2.05, 4.69) is 6.92 Å². The van der Waals surface area contributed by atoms with Gasteiger partial charge >= 0.3 is 0 Å². The van der Waals surface area contributed by atoms with Crippen LogP contribution >= 0.6 is 0 Å². The van der Waals surface area contributed by atoms with Crippen molar-refractivity contribution in [3.63, 3.8) is 0 Å². The minimum atomic E-state index is -3.67. The number of benzene rings is 1. The summed E-state index contributed by atoms with van der Waals surface area (Å²) < 4.78 is 34.5. The Kier molecular flexibility index (Phi) is 13.5. The number of rotatable bonds is 17. The van der Waals surface area contributed by atoms with E-state index in [1.165, 1.54) is 64.2 Å². The lowest BCUT2D eigenvalue weighted by molar-refractivity contribution is 0.0989. The molecule has 0 saturated carbocycles. The lowest BCUT2D eigenvalue weighted by atomic mass is 10.1. The van der Waals surface area contributed by atoms with Gasteiger partial charge in [-0.1, -0.05) is 88.8 Å². The third kappa shape index (κ3) is 12.2. The summed E-state index contributed by atoms with van der Waals surface area (Å²) >= 11 is 0. The van der Waals surface area contributed by atoms with Gasteiger partial charge in [-0.3, -0.25) is 4.18 Å². The minimum absolute atomic E-state index is 0.0637. The van der Waals surface area contributed by atoms with E-state index in [4.69, 9.17) is 8.92 Å². The SMILES string of the molecule is CCCCCCCCCCCCCOCCOS(=O)(=O)c1ccc(C)cc1. The molecule has 27 heavy (non-hydrogen) atoms. The van der Waals surface area contributed by atoms with Crippen LogP contribution in [0.5, 0.6) is 0 Å². The molecule has 0 bridgehead atoms. The Labute approximate surface area is 166 Å². The Morgan fingerprint density at radius 1 is 0.704 bits per heavy atom. The van der Waals surface area contributed by atoms with Crippen LogP contribution in [0.15, 0.2) is 29.2 Å². The Hall–Kier alpha value is -0.910. The van der Waals surface area contributed by atoms with Crippen molar-refractivity contribution in [2.75, 3.05) is 19.8 Å². The molecule has 0 atom stereocenters. The van der Waals surface area contributed by atoms with Crippen LogP contribution in [0.1, 0.15) is 83.1 Å². The third-order valence-electron chi connectivity index (χ3n) is 4.67. The van der Waals surface area contributed by atoms with E-state index in [1.54, 1.807) is 24.3 Å². The molecule has 0 amide bonds. The van der Waals surface area contributed by atoms with Crippen LogP contribution in [-0.2, 0) is 19.0 Å². The minimum Gasteiger partial charge on any atom is -0.379 e. The summed E-state index contributed by atoms with van der Waals surface area (Å²) in [5, 5.41) is 0. The maximum atomic E-state index is 12.0. The lowest BCUT2D eigenvalue weighted by Crippen LogP contribution is -2.12. The largest absolute Gasteiger partial charge is 0.379 e. The first-order valence-electron chi connectivity index (χ1n) is 10.6. The van der Waals surface area contributed by atoms with Gasteiger partial charge in [0, 0.05) is 6.61 Å². The van der Waals surface area contributed by atoms with Crippen molar-refractivity contribution in [3.05, 3.63) is 29.8 Å². The van der Waals surface area contributed by atoms with Crippen molar-refractivity contribution < 1.29 is 17.3 Å². The maximum Gasteiger partial charge on any atom is 0.297 e. The van der Waals surface area contributed by atoms with Crippen molar-refractivity contribution in [1.82, 2.24) is 0 Å². The Bertz CT molecular complexity index is 566. The van der Waals surface area contributed by atoms with Gasteiger partial charge in [0.25, 0.3) is 10.1 Å². The molecule has 1 aromatic rings. The van der Waals surface area contributed by atoms with E-state index >= 15 is 0 Å². The van der Waals surface area contributed by atoms with Gasteiger partial charge in [0.2, 0.25) is 0 Å². The van der Waals surface area contributed by atoms with Gasteiger partial charge in [0.1, 0.15) is 0 Å². The molecule has 0 aliphatic heterocycles. The zero-order valence-corrected chi connectivity index (χ0v) is 18.1. The highest BCUT2D eigenvalue weighted by atomic mass is 32.2. The van der Waals surface area contributed by atoms with Gasteiger partial charge in [0.05, 0.1) is 18.1 Å². The fraction of sp³-hybridized carbons (Fsp3) is 0.727. The van der Waals surface area contributed by atoms with Crippen molar-refractivity contribution >= 4 is 10.1 Å². The van der Waals surface area contributed by atoms with Crippen LogP contribution in [0.4, 0.5) is 0 Å². The van der Waals surface area contributed by atoms with Crippen LogP contribution in [-0.4, -0.2) is 28.2 Å². The lowest BCUT2D eigenvalue weighted by Gasteiger charge is -2.07. The fourth-order valence-corrected chi connectivity index (χ4v) is 3.84. The summed E-state index contributed by atoms with van der Waals surface area (Å²) in [4.78, 5) is 0.193. The summed E-state index contributed by atoms with van der Waals surface area (Å²) in [5.74, 6) is 0. The second-order valence-electron chi connectivity index (χ2n) is 7.24. The van der Waals surface area contributed by atoms with Crippen LogP contribution in [0, 0.1) is 6.92 Å². The third-order valence-corrected chi connectivity index (χ3v) is 5.99. The van der Waals surface area contributed by atoms with Gasteiger partial charge < -0.3 is 4.74 Å². The number of hydrogen-bond donors (Lipinski definition) is 0. The standard InChI is InChI=1S/C22H38O4S/c1-3-4-5-6-7-8-9-10-11-12-13-18-25-19-20-26-27(23,24)22-16-14-21(2)15-17-22/h14-17H,3-13,18-20H2,1-2H3. The molecule has 0 N–H and O–H groups in total. The molecule has 0 spiro atoms. The van der Waals surface area contributed by atoms with Gasteiger partial charge in [-0.25, -0.2) is 0 Å². The maximum absolute atomic E-state index is 12.0. The molecule has 0 saturated heterocycles. The molecule has 0 unspecified atom stereocenters. The van der Waals surface area contributed by atoms with Gasteiger partial charge in [-0.2, -0.15) is 8.42 Å². The molecule has 1 rings (SSSR count). The number of ether oxygens (including phenoxy) is 1. The molecule has 5 heteroatoms. The predicted molar refractivity (Wildman–Crippen MR) is 112 cm³/mol. The second kappa shape index (κ2) is 15.1. The number of unbranched alkanes of at least 4 members (excludes halogenated alkanes) is 10. The molecule has 0 radical (unpaired) electrons. The quantitative estimate of drug-likeness (QED) is 0.237. The fourth-order valence-electron chi connectivity index (χ4n) is 2.95. The van der Waals surface area contributed by atoms with Crippen LogP contribution in [0.25, 0.3) is 0 Å². The molecule has 156 valence electrons. The van der Waals surface area contributed by atoms with Crippen molar-refractivity contribution in [1.29, 1.82) is 0 Å². The molecule has 0 aliphatic carbocycles. The van der Waals surface area contributed by atoms with Crippen LogP contribution in [0.3, 0.4) is 0 Å². The van der Waals surface area contributed by atoms with Gasteiger partial charge in [-0.05, 0) is 25.5 Å². The highest BCUT2D eigenvalue weighted by Crippen LogP contribution is 2.13. The number of hydrogen-bond acceptors (Lipinski definition) is 4. The van der Waals surface area contributed by atoms with Crippen molar-refractivity contribution in [2.45, 2.75) is 89.4 Å². The highest BCUT2D eigenvalue weighted by Gasteiger charge is 2.14. The Morgan fingerprint density at radius 2 is 1.22 bits per heavy atom. The zero-order chi connectivity index (χ0) is 19.8. The molecule has 4 nitrogen and oxygen atoms in total. The molecule has 0 fully saturated rings. The first-order valence-corrected chi connectivity index (χ1v) is 12.0. The average molecular weight is 399 g/mol. The summed E-state index contributed by atoms with van der Waals surface area (Å²) in [6.07, 6.45) is 14.4. The van der Waals surface area contributed by atoms with Crippen molar-refractivity contribution in [3.8, 4) is 0 Å². The molecule has 0 heterocycles. The Balaban J connectivity index is 1.91. The topological polar surface area (TPSA) is 52.6 Å². The van der Waals surface area contributed by atoms with Crippen molar-refractivity contribution in [2.24, 2.45) is 0 Å². The van der Waals surface area contributed by atoms with Crippen LogP contribution < -0.4 is 0 Å². The van der Waals surface area contributed by atoms with E-state index < -0.39 is 10.1 Å². The van der Waals surface area contributed by atoms with Gasteiger partial charge in [-0.15, -0.1) is 0 Å². The first-order chi connectivity index (χ1) is 13.1. The summed E-state index contributed by atoms with van der Waals surface area (Å²) in [5.41, 5.74) is 1.02. The normalized spacial score (nSPS) is 11.8. The first kappa shape index (κ1) is 24.1. The highest BCUT2D eigenvalue weighted by molar-refractivity contribution is 7.86. The summed E-state index contributed by atoms with van der Waals surface area (Å²) in [7, 11) is -3.67. The van der Waals surface area contributed by atoms with Gasteiger partial charge in [0.15, 0.2) is 0 Å². The van der Waals surface area contributed by atoms with Crippen LogP contribution in [0.2, 0.25) is 0 Å². The molecular weight excluding hydrogens is 360 g/mol. The summed E-state index contributed by atoms with van der Waals surface area (Å²) in [6.45, 7) is 5.21. The molecular formula is C22H38O4S. The van der Waals surface area contributed by atoms with E-state index in [9.17, 15) is 8.42 Å². The van der Waals surface area contributed by atoms with E-state index in [0.29, 0.717) is 13.2 Å². The molecule has 1 aromatic carbocycles. The zero-order valence-electron chi connectivity index (χ0n) is 17.3. The second-order valence-corrected chi connectivity index (χ2v) is 8.85. The van der Waals surface area contributed by atoms with E-state index in [1.807, 2.05) is 6.92 Å². The van der Waals surface area contributed by atoms with E-state index in [-0.39, 0.29) is 11.5 Å². The Morgan fingerprint density at radius 3 is 1.78 bits per heavy atom. The monoisotopic (exact) mass is 398 g/mol. The number of aryl methyl sites for hydroxylation is 1. The predicted octanol–water partition coefficient (Wildman–Crippen LogP) is 6.03.